The van der Waals surface area contributed by atoms with Crippen LogP contribution in [0.2, 0.25) is 10.0 Å². The Morgan fingerprint density at radius 1 is 0.902 bits per heavy atom. The zero-order valence-corrected chi connectivity index (χ0v) is 23.2. The van der Waals surface area contributed by atoms with E-state index in [9.17, 15) is 41.1 Å². The van der Waals surface area contributed by atoms with Gasteiger partial charge < -0.3 is 16.0 Å². The van der Waals surface area contributed by atoms with Gasteiger partial charge in [-0.2, -0.15) is 22.0 Å². The molecule has 0 aliphatic carbocycles. The van der Waals surface area contributed by atoms with E-state index >= 15 is 0 Å². The summed E-state index contributed by atoms with van der Waals surface area (Å²) in [5.74, 6) is -12.2. The molecular formula is C27H26Cl2F5N3O4. The summed E-state index contributed by atoms with van der Waals surface area (Å²) in [7, 11) is 0. The highest BCUT2D eigenvalue weighted by atomic mass is 35.5. The van der Waals surface area contributed by atoms with E-state index in [1.54, 1.807) is 36.4 Å². The fraction of sp³-hybridized carbons (Fsp3) is 0.333. The van der Waals surface area contributed by atoms with Gasteiger partial charge >= 0.3 is 12.1 Å². The van der Waals surface area contributed by atoms with E-state index in [0.29, 0.717) is 16.1 Å². The number of ketones is 1. The Kier molecular flexibility index (Phi) is 11.8. The molecule has 0 spiro atoms. The Hall–Kier alpha value is -3.51. The number of nitrogens with one attached hydrogen (secondary N) is 3. The third-order valence-corrected chi connectivity index (χ3v) is 6.32. The minimum Gasteiger partial charge on any atom is -0.344 e. The summed E-state index contributed by atoms with van der Waals surface area (Å²) in [5.41, 5.74) is 1.08. The molecule has 0 aliphatic heterocycles. The SMILES string of the molecule is CC(C)C(NC(=O)C(Cc1ccccc1)NC(=O)/C=C/c1ccc(Cl)c(Cl)c1)C(=O)C(F)(F)C(=O)NCC(F)(F)F. The van der Waals surface area contributed by atoms with Gasteiger partial charge in [-0.05, 0) is 35.3 Å². The Bertz CT molecular complexity index is 1290. The lowest BCUT2D eigenvalue weighted by Gasteiger charge is -2.27. The number of Topliss-reactive ketones (excluding diaryl/α,β-unsaturated/α-hetero) is 1. The molecule has 0 aromatic heterocycles. The number of halogens is 7. The van der Waals surface area contributed by atoms with Crippen molar-refractivity contribution in [2.75, 3.05) is 6.54 Å². The minimum atomic E-state index is -4.99. The summed E-state index contributed by atoms with van der Waals surface area (Å²) >= 11 is 11.8. The van der Waals surface area contributed by atoms with Crippen molar-refractivity contribution in [1.29, 1.82) is 0 Å². The smallest absolute Gasteiger partial charge is 0.344 e. The van der Waals surface area contributed by atoms with Gasteiger partial charge in [0, 0.05) is 12.5 Å². The summed E-state index contributed by atoms with van der Waals surface area (Å²) in [6.45, 7) is 0.503. The van der Waals surface area contributed by atoms with Gasteiger partial charge in [0.15, 0.2) is 0 Å². The average molecular weight is 622 g/mol. The van der Waals surface area contributed by atoms with E-state index in [4.69, 9.17) is 23.2 Å². The van der Waals surface area contributed by atoms with Gasteiger partial charge in [-0.25, -0.2) is 0 Å². The van der Waals surface area contributed by atoms with Crippen LogP contribution in [0.5, 0.6) is 0 Å². The predicted molar refractivity (Wildman–Crippen MR) is 143 cm³/mol. The second-order valence-corrected chi connectivity index (χ2v) is 10.0. The highest BCUT2D eigenvalue weighted by Crippen LogP contribution is 2.24. The predicted octanol–water partition coefficient (Wildman–Crippen LogP) is 4.76. The van der Waals surface area contributed by atoms with Crippen molar-refractivity contribution in [2.24, 2.45) is 5.92 Å². The Morgan fingerprint density at radius 3 is 2.10 bits per heavy atom. The van der Waals surface area contributed by atoms with Gasteiger partial charge in [0.1, 0.15) is 12.6 Å². The van der Waals surface area contributed by atoms with Crippen LogP contribution in [0.1, 0.15) is 25.0 Å². The van der Waals surface area contributed by atoms with Crippen molar-refractivity contribution >= 4 is 52.8 Å². The van der Waals surface area contributed by atoms with Crippen molar-refractivity contribution in [3.8, 4) is 0 Å². The van der Waals surface area contributed by atoms with Gasteiger partial charge in [0.05, 0.1) is 16.1 Å². The van der Waals surface area contributed by atoms with Gasteiger partial charge in [-0.1, -0.05) is 73.4 Å². The van der Waals surface area contributed by atoms with Crippen LogP contribution in [-0.4, -0.2) is 54.2 Å². The van der Waals surface area contributed by atoms with Crippen molar-refractivity contribution in [3.63, 3.8) is 0 Å². The number of alkyl halides is 5. The number of rotatable bonds is 12. The van der Waals surface area contributed by atoms with E-state index in [2.05, 4.69) is 10.6 Å². The Labute approximate surface area is 242 Å². The standard InChI is InChI=1S/C27H26Cl2F5N3O4/c1-15(2)22(23(39)27(33,34)25(41)35-14-26(30,31)32)37-24(40)20(13-16-6-4-3-5-7-16)36-21(38)11-9-17-8-10-18(28)19(29)12-17/h3-12,15,20,22H,13-14H2,1-2H3,(H,35,41)(H,36,38)(H,37,40)/b11-9+. The molecular weight excluding hydrogens is 596 g/mol. The summed E-state index contributed by atoms with van der Waals surface area (Å²) in [6, 6.07) is 9.55. The third-order valence-electron chi connectivity index (χ3n) is 5.58. The van der Waals surface area contributed by atoms with E-state index in [1.165, 1.54) is 32.1 Å². The molecule has 0 radical (unpaired) electrons. The monoisotopic (exact) mass is 621 g/mol. The van der Waals surface area contributed by atoms with Crippen LogP contribution in [0.4, 0.5) is 22.0 Å². The third kappa shape index (κ3) is 10.4. The van der Waals surface area contributed by atoms with E-state index in [-0.39, 0.29) is 11.4 Å². The van der Waals surface area contributed by atoms with E-state index < -0.39 is 60.1 Å². The zero-order chi connectivity index (χ0) is 31.0. The molecule has 0 fully saturated rings. The normalized spacial score (nSPS) is 13.5. The number of hydrogen-bond acceptors (Lipinski definition) is 4. The van der Waals surface area contributed by atoms with Crippen molar-refractivity contribution < 1.29 is 41.1 Å². The molecule has 2 rings (SSSR count). The van der Waals surface area contributed by atoms with Crippen LogP contribution < -0.4 is 16.0 Å². The van der Waals surface area contributed by atoms with E-state index in [1.807, 2.05) is 0 Å². The van der Waals surface area contributed by atoms with Gasteiger partial charge in [-0.3, -0.25) is 19.2 Å². The Balaban J connectivity index is 2.25. The second-order valence-electron chi connectivity index (χ2n) is 9.22. The van der Waals surface area contributed by atoms with Crippen LogP contribution in [0.25, 0.3) is 6.08 Å². The van der Waals surface area contributed by atoms with Crippen LogP contribution in [0.15, 0.2) is 54.6 Å². The summed E-state index contributed by atoms with van der Waals surface area (Å²) in [4.78, 5) is 50.2. The molecule has 3 N–H and O–H groups in total. The molecule has 7 nitrogen and oxygen atoms in total. The first kappa shape index (κ1) is 33.7. The van der Waals surface area contributed by atoms with Crippen LogP contribution in [0, 0.1) is 5.92 Å². The molecule has 0 saturated heterocycles. The maximum atomic E-state index is 14.5. The average Bonchev–Trinajstić information content (AvgIpc) is 2.90. The number of carbonyl (C=O) groups is 4. The van der Waals surface area contributed by atoms with Crippen LogP contribution in [0.3, 0.4) is 0 Å². The maximum Gasteiger partial charge on any atom is 0.405 e. The lowest BCUT2D eigenvalue weighted by Crippen LogP contribution is -2.59. The topological polar surface area (TPSA) is 104 Å². The lowest BCUT2D eigenvalue weighted by molar-refractivity contribution is -0.165. The quantitative estimate of drug-likeness (QED) is 0.181. The number of hydrogen-bond donors (Lipinski definition) is 3. The zero-order valence-electron chi connectivity index (χ0n) is 21.7. The highest BCUT2D eigenvalue weighted by molar-refractivity contribution is 6.42. The van der Waals surface area contributed by atoms with Gasteiger partial charge in [0.25, 0.3) is 5.91 Å². The summed E-state index contributed by atoms with van der Waals surface area (Å²) in [5, 5.41) is 6.08. The van der Waals surface area contributed by atoms with E-state index in [0.717, 1.165) is 11.4 Å². The first-order chi connectivity index (χ1) is 19.0. The van der Waals surface area contributed by atoms with Crippen LogP contribution in [-0.2, 0) is 25.6 Å². The molecule has 14 heteroatoms. The number of amides is 3. The fourth-order valence-electron chi connectivity index (χ4n) is 3.45. The molecule has 3 amide bonds. The molecule has 0 heterocycles. The fourth-order valence-corrected chi connectivity index (χ4v) is 3.76. The molecule has 41 heavy (non-hydrogen) atoms. The van der Waals surface area contributed by atoms with Crippen LogP contribution >= 0.6 is 23.2 Å². The summed E-state index contributed by atoms with van der Waals surface area (Å²) < 4.78 is 66.2. The second kappa shape index (κ2) is 14.4. The largest absolute Gasteiger partial charge is 0.405 e. The molecule has 0 saturated carbocycles. The minimum absolute atomic E-state index is 0.111. The number of benzene rings is 2. The van der Waals surface area contributed by atoms with Crippen molar-refractivity contribution in [2.45, 2.75) is 44.5 Å². The molecule has 2 atom stereocenters. The first-order valence-corrected chi connectivity index (χ1v) is 12.8. The number of carbonyl (C=O) groups excluding carboxylic acids is 4. The Morgan fingerprint density at radius 2 is 1.54 bits per heavy atom. The molecule has 0 aliphatic rings. The highest BCUT2D eigenvalue weighted by Gasteiger charge is 2.52. The molecule has 2 unspecified atom stereocenters. The molecule has 2 aromatic carbocycles. The summed E-state index contributed by atoms with van der Waals surface area (Å²) in [6.07, 6.45) is -2.62. The molecule has 0 bridgehead atoms. The van der Waals surface area contributed by atoms with Crippen molar-refractivity contribution in [3.05, 3.63) is 75.8 Å². The molecule has 222 valence electrons. The van der Waals surface area contributed by atoms with Crippen molar-refractivity contribution in [1.82, 2.24) is 16.0 Å². The van der Waals surface area contributed by atoms with Gasteiger partial charge in [0.2, 0.25) is 17.6 Å². The molecule has 2 aromatic rings. The van der Waals surface area contributed by atoms with Gasteiger partial charge in [-0.15, -0.1) is 0 Å². The lowest BCUT2D eigenvalue weighted by atomic mass is 9.94. The first-order valence-electron chi connectivity index (χ1n) is 12.1. The maximum absolute atomic E-state index is 14.5.